The number of nitrogens with zero attached hydrogens (tertiary/aromatic N) is 1. The lowest BCUT2D eigenvalue weighted by Gasteiger charge is -2.03. The van der Waals surface area contributed by atoms with Crippen molar-refractivity contribution in [2.24, 2.45) is 0 Å². The summed E-state index contributed by atoms with van der Waals surface area (Å²) in [6.07, 6.45) is 4.71. The van der Waals surface area contributed by atoms with Gasteiger partial charge in [-0.1, -0.05) is 12.1 Å². The van der Waals surface area contributed by atoms with Crippen LogP contribution < -0.4 is 14.8 Å². The van der Waals surface area contributed by atoms with Crippen molar-refractivity contribution >= 4 is 17.7 Å². The van der Waals surface area contributed by atoms with E-state index in [4.69, 9.17) is 9.47 Å². The van der Waals surface area contributed by atoms with E-state index in [2.05, 4.69) is 10.3 Å². The highest BCUT2D eigenvalue weighted by Crippen LogP contribution is 2.14. The third-order valence-electron chi connectivity index (χ3n) is 2.73. The Bertz CT molecular complexity index is 636. The van der Waals surface area contributed by atoms with E-state index in [-0.39, 0.29) is 5.91 Å². The Morgan fingerprint density at radius 3 is 2.71 bits per heavy atom. The van der Waals surface area contributed by atoms with Crippen molar-refractivity contribution in [1.82, 2.24) is 4.98 Å². The van der Waals surface area contributed by atoms with E-state index < -0.39 is 0 Å². The molecule has 0 aliphatic heterocycles. The van der Waals surface area contributed by atoms with Gasteiger partial charge in [-0.2, -0.15) is 0 Å². The fourth-order valence-corrected chi connectivity index (χ4v) is 1.68. The molecule has 0 radical (unpaired) electrons. The number of carbonyl (C=O) groups excluding carboxylic acids is 1. The zero-order chi connectivity index (χ0) is 15.1. The van der Waals surface area contributed by atoms with E-state index in [0.717, 1.165) is 11.3 Å². The number of rotatable bonds is 5. The zero-order valence-electron chi connectivity index (χ0n) is 11.9. The Labute approximate surface area is 123 Å². The molecule has 1 aromatic carbocycles. The summed E-state index contributed by atoms with van der Waals surface area (Å²) in [7, 11) is 3.14. The lowest BCUT2D eigenvalue weighted by atomic mass is 10.2. The van der Waals surface area contributed by atoms with Crippen LogP contribution in [-0.2, 0) is 4.79 Å². The standard InChI is InChI=1S/C16H16N2O3/c1-20-14-5-3-4-12(10-14)6-8-15(19)18-13-7-9-16(21-2)17-11-13/h3-11H,1-2H3,(H,18,19)/b8-6+. The minimum atomic E-state index is -0.232. The summed E-state index contributed by atoms with van der Waals surface area (Å²) in [4.78, 5) is 15.8. The molecule has 0 aliphatic rings. The number of ether oxygens (including phenoxy) is 2. The molecular weight excluding hydrogens is 268 g/mol. The molecule has 0 spiro atoms. The van der Waals surface area contributed by atoms with E-state index in [1.54, 1.807) is 25.3 Å². The molecule has 0 saturated carbocycles. The Kier molecular flexibility index (Phi) is 4.93. The number of anilines is 1. The van der Waals surface area contributed by atoms with Crippen LogP contribution in [0.5, 0.6) is 11.6 Å². The smallest absolute Gasteiger partial charge is 0.248 e. The van der Waals surface area contributed by atoms with Gasteiger partial charge in [-0.3, -0.25) is 4.79 Å². The average Bonchev–Trinajstić information content (AvgIpc) is 2.54. The maximum Gasteiger partial charge on any atom is 0.248 e. The predicted octanol–water partition coefficient (Wildman–Crippen LogP) is 2.75. The first-order chi connectivity index (χ1) is 10.2. The van der Waals surface area contributed by atoms with Gasteiger partial charge in [0.25, 0.3) is 0 Å². The SMILES string of the molecule is COc1cccc(/C=C/C(=O)Nc2ccc(OC)nc2)c1. The molecule has 108 valence electrons. The van der Waals surface area contributed by atoms with Gasteiger partial charge in [0.15, 0.2) is 0 Å². The molecule has 0 unspecified atom stereocenters. The molecule has 2 rings (SSSR count). The number of benzene rings is 1. The van der Waals surface area contributed by atoms with Crippen molar-refractivity contribution in [1.29, 1.82) is 0 Å². The second-order valence-electron chi connectivity index (χ2n) is 4.19. The molecule has 0 aliphatic carbocycles. The minimum absolute atomic E-state index is 0.232. The average molecular weight is 284 g/mol. The van der Waals surface area contributed by atoms with Gasteiger partial charge >= 0.3 is 0 Å². The number of aromatic nitrogens is 1. The Balaban J connectivity index is 1.98. The lowest BCUT2D eigenvalue weighted by Crippen LogP contribution is -2.07. The molecule has 0 bridgehead atoms. The molecule has 0 saturated heterocycles. The molecule has 1 N–H and O–H groups in total. The maximum atomic E-state index is 11.8. The van der Waals surface area contributed by atoms with E-state index >= 15 is 0 Å². The third-order valence-corrected chi connectivity index (χ3v) is 2.73. The summed E-state index contributed by atoms with van der Waals surface area (Å²) in [6, 6.07) is 10.9. The maximum absolute atomic E-state index is 11.8. The van der Waals surface area contributed by atoms with Crippen molar-refractivity contribution in [3.05, 3.63) is 54.2 Å². The zero-order valence-corrected chi connectivity index (χ0v) is 11.9. The van der Waals surface area contributed by atoms with E-state index in [9.17, 15) is 4.79 Å². The summed E-state index contributed by atoms with van der Waals surface area (Å²) < 4.78 is 10.1. The molecule has 5 heteroatoms. The summed E-state index contributed by atoms with van der Waals surface area (Å²) in [6.45, 7) is 0. The van der Waals surface area contributed by atoms with Gasteiger partial charge in [0.05, 0.1) is 26.1 Å². The number of hydrogen-bond donors (Lipinski definition) is 1. The van der Waals surface area contributed by atoms with Crippen LogP contribution in [0, 0.1) is 0 Å². The van der Waals surface area contributed by atoms with Crippen molar-refractivity contribution in [3.8, 4) is 11.6 Å². The fraction of sp³-hybridized carbons (Fsp3) is 0.125. The number of methoxy groups -OCH3 is 2. The van der Waals surface area contributed by atoms with Crippen LogP contribution in [0.2, 0.25) is 0 Å². The van der Waals surface area contributed by atoms with Gasteiger partial charge < -0.3 is 14.8 Å². The van der Waals surface area contributed by atoms with Crippen LogP contribution in [0.3, 0.4) is 0 Å². The van der Waals surface area contributed by atoms with Gasteiger partial charge in [-0.05, 0) is 29.8 Å². The fourth-order valence-electron chi connectivity index (χ4n) is 1.68. The highest BCUT2D eigenvalue weighted by molar-refractivity contribution is 6.01. The van der Waals surface area contributed by atoms with E-state index in [1.165, 1.54) is 19.4 Å². The lowest BCUT2D eigenvalue weighted by molar-refractivity contribution is -0.111. The minimum Gasteiger partial charge on any atom is -0.497 e. The molecule has 2 aromatic rings. The Hall–Kier alpha value is -2.82. The van der Waals surface area contributed by atoms with Gasteiger partial charge in [0.1, 0.15) is 5.75 Å². The molecule has 0 fully saturated rings. The molecule has 1 heterocycles. The Morgan fingerprint density at radius 2 is 2.05 bits per heavy atom. The molecular formula is C16H16N2O3. The highest BCUT2D eigenvalue weighted by atomic mass is 16.5. The molecule has 1 aromatic heterocycles. The molecule has 1 amide bonds. The molecule has 0 atom stereocenters. The van der Waals surface area contributed by atoms with Crippen molar-refractivity contribution in [2.45, 2.75) is 0 Å². The van der Waals surface area contributed by atoms with Crippen LogP contribution in [-0.4, -0.2) is 25.1 Å². The molecule has 21 heavy (non-hydrogen) atoms. The first kappa shape index (κ1) is 14.6. The van der Waals surface area contributed by atoms with E-state index in [1.807, 2.05) is 24.3 Å². The van der Waals surface area contributed by atoms with Crippen LogP contribution >= 0.6 is 0 Å². The number of hydrogen-bond acceptors (Lipinski definition) is 4. The second-order valence-corrected chi connectivity index (χ2v) is 4.19. The number of carbonyl (C=O) groups is 1. The summed E-state index contributed by atoms with van der Waals surface area (Å²) in [5.74, 6) is 1.02. The second kappa shape index (κ2) is 7.09. The summed E-state index contributed by atoms with van der Waals surface area (Å²) in [5.41, 5.74) is 1.49. The normalized spacial score (nSPS) is 10.4. The van der Waals surface area contributed by atoms with Crippen LogP contribution in [0.4, 0.5) is 5.69 Å². The molecule has 5 nitrogen and oxygen atoms in total. The summed E-state index contributed by atoms with van der Waals surface area (Å²) in [5, 5.41) is 2.72. The summed E-state index contributed by atoms with van der Waals surface area (Å²) >= 11 is 0. The van der Waals surface area contributed by atoms with Crippen molar-refractivity contribution in [2.75, 3.05) is 19.5 Å². The van der Waals surface area contributed by atoms with Crippen molar-refractivity contribution in [3.63, 3.8) is 0 Å². The Morgan fingerprint density at radius 1 is 1.19 bits per heavy atom. The van der Waals surface area contributed by atoms with Gasteiger partial charge in [-0.25, -0.2) is 4.98 Å². The third kappa shape index (κ3) is 4.35. The van der Waals surface area contributed by atoms with Crippen LogP contribution in [0.1, 0.15) is 5.56 Å². The van der Waals surface area contributed by atoms with Gasteiger partial charge in [-0.15, -0.1) is 0 Å². The quantitative estimate of drug-likeness (QED) is 0.858. The van der Waals surface area contributed by atoms with Gasteiger partial charge in [0.2, 0.25) is 11.8 Å². The highest BCUT2D eigenvalue weighted by Gasteiger charge is 1.99. The van der Waals surface area contributed by atoms with E-state index in [0.29, 0.717) is 11.6 Å². The predicted molar refractivity (Wildman–Crippen MR) is 81.4 cm³/mol. The first-order valence-corrected chi connectivity index (χ1v) is 6.34. The number of pyridine rings is 1. The largest absolute Gasteiger partial charge is 0.497 e. The van der Waals surface area contributed by atoms with Crippen LogP contribution in [0.15, 0.2) is 48.7 Å². The monoisotopic (exact) mass is 284 g/mol. The van der Waals surface area contributed by atoms with Crippen LogP contribution in [0.25, 0.3) is 6.08 Å². The number of amides is 1. The van der Waals surface area contributed by atoms with Crippen molar-refractivity contribution < 1.29 is 14.3 Å². The topological polar surface area (TPSA) is 60.5 Å². The first-order valence-electron chi connectivity index (χ1n) is 6.34. The number of nitrogens with one attached hydrogen (secondary N) is 1. The van der Waals surface area contributed by atoms with Gasteiger partial charge in [0, 0.05) is 12.1 Å².